The van der Waals surface area contributed by atoms with Gasteiger partial charge in [-0.3, -0.25) is 9.59 Å². The molecule has 0 atom stereocenters. The van der Waals surface area contributed by atoms with E-state index in [1.54, 1.807) is 37.4 Å². The van der Waals surface area contributed by atoms with Crippen LogP contribution in [0.1, 0.15) is 22.8 Å². The van der Waals surface area contributed by atoms with Crippen molar-refractivity contribution in [2.45, 2.75) is 6.92 Å². The normalized spacial score (nSPS) is 10.4. The molecule has 2 aromatic carbocycles. The minimum absolute atomic E-state index is 0.262. The second-order valence-corrected chi connectivity index (χ2v) is 5.34. The van der Waals surface area contributed by atoms with Gasteiger partial charge in [-0.1, -0.05) is 5.16 Å². The highest BCUT2D eigenvalue weighted by Gasteiger charge is 2.06. The number of hydrogen-bond donors (Lipinski definition) is 2. The number of primary amides is 1. The Balaban J connectivity index is 1.84. The van der Waals surface area contributed by atoms with Crippen LogP contribution >= 0.6 is 0 Å². The Morgan fingerprint density at radius 2 is 1.89 bits per heavy atom. The lowest BCUT2D eigenvalue weighted by Crippen LogP contribution is -2.17. The Hall–Kier alpha value is -3.55. The van der Waals surface area contributed by atoms with Crippen LogP contribution in [0.5, 0.6) is 11.5 Å². The number of amides is 2. The molecule has 0 saturated carbocycles. The van der Waals surface area contributed by atoms with E-state index in [1.165, 1.54) is 18.3 Å². The summed E-state index contributed by atoms with van der Waals surface area (Å²) < 4.78 is 10.7. The summed E-state index contributed by atoms with van der Waals surface area (Å²) in [6, 6.07) is 11.5. The summed E-state index contributed by atoms with van der Waals surface area (Å²) in [7, 11) is 1.55. The number of hydrogen-bond acceptors (Lipinski definition) is 6. The molecule has 0 spiro atoms. The van der Waals surface area contributed by atoms with Crippen LogP contribution in [-0.4, -0.2) is 38.4 Å². The number of anilines is 1. The van der Waals surface area contributed by atoms with E-state index in [9.17, 15) is 9.59 Å². The molecule has 0 saturated heterocycles. The van der Waals surface area contributed by atoms with Crippen molar-refractivity contribution in [1.29, 1.82) is 0 Å². The number of nitrogens with one attached hydrogen (secondary N) is 1. The van der Waals surface area contributed by atoms with Gasteiger partial charge in [0, 0.05) is 16.8 Å². The van der Waals surface area contributed by atoms with E-state index in [0.29, 0.717) is 29.4 Å². The van der Waals surface area contributed by atoms with Crippen LogP contribution in [0.4, 0.5) is 5.69 Å². The van der Waals surface area contributed by atoms with Gasteiger partial charge >= 0.3 is 0 Å². The first-order chi connectivity index (χ1) is 13.0. The summed E-state index contributed by atoms with van der Waals surface area (Å²) in [6.07, 6.45) is 1.47. The number of nitrogens with zero attached hydrogens (tertiary/aromatic N) is 1. The maximum atomic E-state index is 11.8. The van der Waals surface area contributed by atoms with E-state index < -0.39 is 5.91 Å². The lowest BCUT2D eigenvalue weighted by Gasteiger charge is -2.09. The van der Waals surface area contributed by atoms with E-state index in [4.69, 9.17) is 20.0 Å². The highest BCUT2D eigenvalue weighted by atomic mass is 16.6. The molecule has 2 amide bonds. The van der Waals surface area contributed by atoms with Gasteiger partial charge in [0.15, 0.2) is 18.1 Å². The van der Waals surface area contributed by atoms with Crippen molar-refractivity contribution >= 4 is 23.7 Å². The summed E-state index contributed by atoms with van der Waals surface area (Å²) in [5, 5.41) is 6.39. The zero-order chi connectivity index (χ0) is 19.6. The topological polar surface area (TPSA) is 112 Å². The highest BCUT2D eigenvalue weighted by Crippen LogP contribution is 2.27. The fourth-order valence-corrected chi connectivity index (χ4v) is 2.15. The molecular weight excluding hydrogens is 350 g/mol. The average molecular weight is 371 g/mol. The molecule has 8 heteroatoms. The zero-order valence-corrected chi connectivity index (χ0v) is 15.1. The van der Waals surface area contributed by atoms with Crippen LogP contribution in [0.3, 0.4) is 0 Å². The summed E-state index contributed by atoms with van der Waals surface area (Å²) >= 11 is 0. The average Bonchev–Trinajstić information content (AvgIpc) is 2.66. The Bertz CT molecular complexity index is 819. The first-order valence-electron chi connectivity index (χ1n) is 8.19. The van der Waals surface area contributed by atoms with E-state index in [1.807, 2.05) is 6.92 Å². The standard InChI is InChI=1S/C19H21N3O5/c1-3-26-16-9-4-13(10-17(16)25-2)11-21-27-12-18(23)22-15-7-5-14(6-8-15)19(20)24/h4-11H,3,12H2,1-2H3,(H2,20,24)(H,22,23)/b21-11-. The number of carbonyl (C=O) groups is 2. The molecule has 0 aliphatic heterocycles. The molecule has 0 bridgehead atoms. The number of nitrogens with two attached hydrogens (primary N) is 1. The van der Waals surface area contributed by atoms with Gasteiger partial charge in [-0.05, 0) is 49.4 Å². The summed E-state index contributed by atoms with van der Waals surface area (Å²) in [4.78, 5) is 27.8. The van der Waals surface area contributed by atoms with Crippen LogP contribution in [0.15, 0.2) is 47.6 Å². The van der Waals surface area contributed by atoms with E-state index in [2.05, 4.69) is 10.5 Å². The van der Waals surface area contributed by atoms with Crippen molar-refractivity contribution in [2.75, 3.05) is 25.6 Å². The minimum Gasteiger partial charge on any atom is -0.493 e. The Labute approximate surface area is 156 Å². The minimum atomic E-state index is -0.531. The van der Waals surface area contributed by atoms with Gasteiger partial charge < -0.3 is 25.4 Å². The maximum Gasteiger partial charge on any atom is 0.265 e. The van der Waals surface area contributed by atoms with E-state index in [0.717, 1.165) is 5.56 Å². The van der Waals surface area contributed by atoms with E-state index in [-0.39, 0.29) is 12.5 Å². The van der Waals surface area contributed by atoms with Crippen molar-refractivity contribution < 1.29 is 23.9 Å². The highest BCUT2D eigenvalue weighted by molar-refractivity contribution is 5.95. The van der Waals surface area contributed by atoms with Gasteiger partial charge in [0.1, 0.15) is 0 Å². The van der Waals surface area contributed by atoms with Gasteiger partial charge in [0.2, 0.25) is 5.91 Å². The second kappa shape index (κ2) is 9.81. The van der Waals surface area contributed by atoms with Crippen LogP contribution in [0, 0.1) is 0 Å². The predicted octanol–water partition coefficient (Wildman–Crippen LogP) is 2.18. The largest absolute Gasteiger partial charge is 0.493 e. The number of benzene rings is 2. The fraction of sp³-hybridized carbons (Fsp3) is 0.211. The van der Waals surface area contributed by atoms with Gasteiger partial charge in [-0.2, -0.15) is 0 Å². The lowest BCUT2D eigenvalue weighted by molar-refractivity contribution is -0.120. The second-order valence-electron chi connectivity index (χ2n) is 5.34. The predicted molar refractivity (Wildman–Crippen MR) is 101 cm³/mol. The molecule has 0 fully saturated rings. The molecule has 3 N–H and O–H groups in total. The third-order valence-electron chi connectivity index (χ3n) is 3.41. The first-order valence-corrected chi connectivity index (χ1v) is 8.19. The molecule has 27 heavy (non-hydrogen) atoms. The number of oxime groups is 1. The van der Waals surface area contributed by atoms with Gasteiger partial charge in [-0.25, -0.2) is 0 Å². The van der Waals surface area contributed by atoms with Crippen molar-refractivity contribution in [3.8, 4) is 11.5 Å². The van der Waals surface area contributed by atoms with Crippen LogP contribution in [0.2, 0.25) is 0 Å². The number of rotatable bonds is 9. The molecule has 0 aromatic heterocycles. The summed E-state index contributed by atoms with van der Waals surface area (Å²) in [5.74, 6) is 0.303. The smallest absolute Gasteiger partial charge is 0.265 e. The fourth-order valence-electron chi connectivity index (χ4n) is 2.15. The first kappa shape index (κ1) is 19.8. The van der Waals surface area contributed by atoms with Crippen molar-refractivity contribution in [2.24, 2.45) is 10.9 Å². The van der Waals surface area contributed by atoms with E-state index >= 15 is 0 Å². The molecule has 2 aromatic rings. The summed E-state index contributed by atoms with van der Waals surface area (Å²) in [5.41, 5.74) is 6.78. The monoisotopic (exact) mass is 371 g/mol. The molecule has 0 heterocycles. The molecular formula is C19H21N3O5. The lowest BCUT2D eigenvalue weighted by atomic mass is 10.2. The summed E-state index contributed by atoms with van der Waals surface area (Å²) in [6.45, 7) is 2.16. The Morgan fingerprint density at radius 1 is 1.15 bits per heavy atom. The van der Waals surface area contributed by atoms with Crippen LogP contribution in [0.25, 0.3) is 0 Å². The molecule has 0 aliphatic carbocycles. The third kappa shape index (κ3) is 6.03. The molecule has 8 nitrogen and oxygen atoms in total. The van der Waals surface area contributed by atoms with Crippen molar-refractivity contribution in [3.05, 3.63) is 53.6 Å². The number of carbonyl (C=O) groups excluding carboxylic acids is 2. The number of methoxy groups -OCH3 is 1. The molecule has 2 rings (SSSR count). The zero-order valence-electron chi connectivity index (χ0n) is 15.1. The van der Waals surface area contributed by atoms with Gasteiger partial charge in [0.05, 0.1) is 19.9 Å². The van der Waals surface area contributed by atoms with Gasteiger partial charge in [0.25, 0.3) is 5.91 Å². The Morgan fingerprint density at radius 3 is 2.52 bits per heavy atom. The maximum absolute atomic E-state index is 11.8. The Kier molecular flexibility index (Phi) is 7.18. The molecule has 0 radical (unpaired) electrons. The molecule has 0 aliphatic rings. The molecule has 0 unspecified atom stereocenters. The SMILES string of the molecule is CCOc1ccc(/C=N\OCC(=O)Nc2ccc(C(N)=O)cc2)cc1OC. The quantitative estimate of drug-likeness (QED) is 0.518. The third-order valence-corrected chi connectivity index (χ3v) is 3.41. The van der Waals surface area contributed by atoms with Crippen molar-refractivity contribution in [3.63, 3.8) is 0 Å². The molecule has 142 valence electrons. The van der Waals surface area contributed by atoms with Crippen LogP contribution in [-0.2, 0) is 9.63 Å². The number of ether oxygens (including phenoxy) is 2. The van der Waals surface area contributed by atoms with Gasteiger partial charge in [-0.15, -0.1) is 0 Å². The van der Waals surface area contributed by atoms with Crippen LogP contribution < -0.4 is 20.5 Å². The van der Waals surface area contributed by atoms with Crippen molar-refractivity contribution in [1.82, 2.24) is 0 Å².